The van der Waals surface area contributed by atoms with E-state index in [1.54, 1.807) is 6.26 Å². The highest BCUT2D eigenvalue weighted by Gasteiger charge is 2.20. The van der Waals surface area contributed by atoms with Crippen LogP contribution in [0.25, 0.3) is 0 Å². The monoisotopic (exact) mass is 262 g/mol. The van der Waals surface area contributed by atoms with E-state index < -0.39 is 0 Å². The van der Waals surface area contributed by atoms with Crippen molar-refractivity contribution < 1.29 is 4.42 Å². The van der Waals surface area contributed by atoms with E-state index in [0.29, 0.717) is 6.54 Å². The molecule has 1 atom stereocenters. The Balaban J connectivity index is 2.13. The molecule has 19 heavy (non-hydrogen) atoms. The molecule has 0 fully saturated rings. The zero-order valence-corrected chi connectivity index (χ0v) is 11.6. The summed E-state index contributed by atoms with van der Waals surface area (Å²) in [6, 6.07) is 4.08. The van der Waals surface area contributed by atoms with E-state index in [0.717, 1.165) is 31.0 Å². The standard InChI is InChI=1S/C14H22N4O/c1-3-17(11-13-6-5-7-19-13)14(8-15)12-9-16-18(4-2)10-12/h5-7,9-10,14H,3-4,8,11,15H2,1-2H3. The van der Waals surface area contributed by atoms with Gasteiger partial charge in [0.2, 0.25) is 0 Å². The molecule has 0 bridgehead atoms. The zero-order chi connectivity index (χ0) is 13.7. The van der Waals surface area contributed by atoms with E-state index in [2.05, 4.69) is 30.0 Å². The molecule has 0 aliphatic rings. The summed E-state index contributed by atoms with van der Waals surface area (Å²) >= 11 is 0. The maximum atomic E-state index is 5.95. The smallest absolute Gasteiger partial charge is 0.117 e. The number of aromatic nitrogens is 2. The summed E-state index contributed by atoms with van der Waals surface area (Å²) in [6.07, 6.45) is 5.68. The fourth-order valence-corrected chi connectivity index (χ4v) is 2.27. The van der Waals surface area contributed by atoms with Crippen molar-refractivity contribution in [3.63, 3.8) is 0 Å². The molecule has 1 unspecified atom stereocenters. The first-order chi connectivity index (χ1) is 9.28. The van der Waals surface area contributed by atoms with Gasteiger partial charge in [-0.2, -0.15) is 5.10 Å². The summed E-state index contributed by atoms with van der Waals surface area (Å²) in [4.78, 5) is 2.30. The Labute approximate surface area is 114 Å². The van der Waals surface area contributed by atoms with Crippen molar-refractivity contribution in [1.82, 2.24) is 14.7 Å². The van der Waals surface area contributed by atoms with Crippen molar-refractivity contribution >= 4 is 0 Å². The number of nitrogens with zero attached hydrogens (tertiary/aromatic N) is 3. The second kappa shape index (κ2) is 6.54. The van der Waals surface area contributed by atoms with Gasteiger partial charge in [-0.15, -0.1) is 0 Å². The van der Waals surface area contributed by atoms with Crippen LogP contribution in [0.15, 0.2) is 35.2 Å². The number of hydrogen-bond donors (Lipinski definition) is 1. The maximum Gasteiger partial charge on any atom is 0.117 e. The number of rotatable bonds is 7. The first kappa shape index (κ1) is 13.8. The predicted molar refractivity (Wildman–Crippen MR) is 74.5 cm³/mol. The van der Waals surface area contributed by atoms with Crippen molar-refractivity contribution in [2.24, 2.45) is 5.73 Å². The Morgan fingerprint density at radius 1 is 1.47 bits per heavy atom. The molecule has 0 aliphatic heterocycles. The highest BCUT2D eigenvalue weighted by Crippen LogP contribution is 2.21. The molecule has 0 aliphatic carbocycles. The lowest BCUT2D eigenvalue weighted by molar-refractivity contribution is 0.188. The van der Waals surface area contributed by atoms with Crippen molar-refractivity contribution in [3.05, 3.63) is 42.1 Å². The van der Waals surface area contributed by atoms with Gasteiger partial charge < -0.3 is 10.2 Å². The van der Waals surface area contributed by atoms with Crippen molar-refractivity contribution in [2.45, 2.75) is 33.0 Å². The van der Waals surface area contributed by atoms with Gasteiger partial charge in [-0.05, 0) is 25.6 Å². The lowest BCUT2D eigenvalue weighted by Crippen LogP contribution is -2.33. The van der Waals surface area contributed by atoms with E-state index in [1.165, 1.54) is 0 Å². The normalized spacial score (nSPS) is 13.1. The van der Waals surface area contributed by atoms with Gasteiger partial charge in [0.05, 0.1) is 25.0 Å². The number of nitrogens with two attached hydrogens (primary N) is 1. The largest absolute Gasteiger partial charge is 0.468 e. The molecule has 2 aromatic rings. The van der Waals surface area contributed by atoms with Crippen LogP contribution in [-0.2, 0) is 13.1 Å². The fraction of sp³-hybridized carbons (Fsp3) is 0.500. The van der Waals surface area contributed by atoms with Crippen LogP contribution in [0.4, 0.5) is 0 Å². The zero-order valence-electron chi connectivity index (χ0n) is 11.6. The molecular formula is C14H22N4O. The summed E-state index contributed by atoms with van der Waals surface area (Å²) < 4.78 is 7.35. The number of likely N-dealkylation sites (N-methyl/N-ethyl adjacent to an activating group) is 1. The second-order valence-corrected chi connectivity index (χ2v) is 4.52. The van der Waals surface area contributed by atoms with Crippen LogP contribution < -0.4 is 5.73 Å². The molecule has 5 nitrogen and oxygen atoms in total. The minimum absolute atomic E-state index is 0.176. The Hall–Kier alpha value is -1.59. The second-order valence-electron chi connectivity index (χ2n) is 4.52. The first-order valence-electron chi connectivity index (χ1n) is 6.77. The minimum Gasteiger partial charge on any atom is -0.468 e. The van der Waals surface area contributed by atoms with Gasteiger partial charge >= 0.3 is 0 Å². The Morgan fingerprint density at radius 3 is 2.84 bits per heavy atom. The van der Waals surface area contributed by atoms with E-state index in [1.807, 2.05) is 23.0 Å². The third-order valence-electron chi connectivity index (χ3n) is 3.37. The molecule has 2 heterocycles. The van der Waals surface area contributed by atoms with E-state index >= 15 is 0 Å². The van der Waals surface area contributed by atoms with Crippen LogP contribution in [0, 0.1) is 0 Å². The van der Waals surface area contributed by atoms with Crippen molar-refractivity contribution in [2.75, 3.05) is 13.1 Å². The van der Waals surface area contributed by atoms with Gasteiger partial charge in [0.15, 0.2) is 0 Å². The highest BCUT2D eigenvalue weighted by atomic mass is 16.3. The van der Waals surface area contributed by atoms with Crippen molar-refractivity contribution in [3.8, 4) is 0 Å². The average molecular weight is 262 g/mol. The lowest BCUT2D eigenvalue weighted by atomic mass is 10.1. The fourth-order valence-electron chi connectivity index (χ4n) is 2.27. The Kier molecular flexibility index (Phi) is 4.76. The van der Waals surface area contributed by atoms with Gasteiger partial charge in [0, 0.05) is 24.8 Å². The molecule has 2 rings (SSSR count). The van der Waals surface area contributed by atoms with Crippen LogP contribution in [-0.4, -0.2) is 27.8 Å². The molecule has 104 valence electrons. The quantitative estimate of drug-likeness (QED) is 0.829. The van der Waals surface area contributed by atoms with E-state index in [-0.39, 0.29) is 6.04 Å². The Bertz CT molecular complexity index is 477. The molecule has 0 radical (unpaired) electrons. The summed E-state index contributed by atoms with van der Waals surface area (Å²) in [7, 11) is 0. The first-order valence-corrected chi connectivity index (χ1v) is 6.77. The molecule has 5 heteroatoms. The van der Waals surface area contributed by atoms with Gasteiger partial charge in [-0.1, -0.05) is 6.92 Å². The number of hydrogen-bond acceptors (Lipinski definition) is 4. The molecule has 0 aromatic carbocycles. The highest BCUT2D eigenvalue weighted by molar-refractivity contribution is 5.12. The molecule has 2 aromatic heterocycles. The van der Waals surface area contributed by atoms with Crippen LogP contribution in [0.1, 0.15) is 31.2 Å². The molecule has 0 spiro atoms. The molecular weight excluding hydrogens is 240 g/mol. The van der Waals surface area contributed by atoms with Crippen LogP contribution in [0.2, 0.25) is 0 Å². The molecule has 0 amide bonds. The minimum atomic E-state index is 0.176. The van der Waals surface area contributed by atoms with Crippen LogP contribution in [0.5, 0.6) is 0 Å². The maximum absolute atomic E-state index is 5.95. The summed E-state index contributed by atoms with van der Waals surface area (Å²) in [6.45, 7) is 7.35. The van der Waals surface area contributed by atoms with Crippen molar-refractivity contribution in [1.29, 1.82) is 0 Å². The summed E-state index contributed by atoms with van der Waals surface area (Å²) in [5.41, 5.74) is 7.12. The van der Waals surface area contributed by atoms with Crippen LogP contribution in [0.3, 0.4) is 0 Å². The number of furan rings is 1. The topological polar surface area (TPSA) is 60.2 Å². The van der Waals surface area contributed by atoms with Crippen LogP contribution >= 0.6 is 0 Å². The van der Waals surface area contributed by atoms with Gasteiger partial charge in [-0.25, -0.2) is 0 Å². The van der Waals surface area contributed by atoms with Gasteiger partial charge in [-0.3, -0.25) is 9.58 Å². The lowest BCUT2D eigenvalue weighted by Gasteiger charge is -2.28. The van der Waals surface area contributed by atoms with Gasteiger partial charge in [0.25, 0.3) is 0 Å². The molecule has 0 saturated heterocycles. The van der Waals surface area contributed by atoms with Gasteiger partial charge in [0.1, 0.15) is 5.76 Å². The summed E-state index contributed by atoms with van der Waals surface area (Å²) in [5.74, 6) is 0.961. The third-order valence-corrected chi connectivity index (χ3v) is 3.37. The number of aryl methyl sites for hydroxylation is 1. The molecule has 0 saturated carbocycles. The Morgan fingerprint density at radius 2 is 2.32 bits per heavy atom. The summed E-state index contributed by atoms with van der Waals surface area (Å²) in [5, 5.41) is 4.33. The molecule has 2 N–H and O–H groups in total. The third kappa shape index (κ3) is 3.24. The van der Waals surface area contributed by atoms with E-state index in [9.17, 15) is 0 Å². The van der Waals surface area contributed by atoms with E-state index in [4.69, 9.17) is 10.2 Å². The SMILES string of the molecule is CCN(Cc1ccco1)C(CN)c1cnn(CC)c1. The average Bonchev–Trinajstić information content (AvgIpc) is 3.09. The predicted octanol–water partition coefficient (Wildman–Crippen LogP) is 2.02.